The molecule has 0 saturated carbocycles. The van der Waals surface area contributed by atoms with Crippen LogP contribution in [0.5, 0.6) is 0 Å². The second-order valence-electron chi connectivity index (χ2n) is 5.55. The molecule has 0 bridgehead atoms. The number of hydrogen-bond acceptors (Lipinski definition) is 6. The second-order valence-corrected chi connectivity index (χ2v) is 6.42. The lowest BCUT2D eigenvalue weighted by molar-refractivity contribution is -0.121. The van der Waals surface area contributed by atoms with Gasteiger partial charge in [-0.15, -0.1) is 15.3 Å². The fraction of sp³-hybridized carbons (Fsp3) is 0.250. The van der Waals surface area contributed by atoms with Gasteiger partial charge in [-0.2, -0.15) is 4.52 Å². The van der Waals surface area contributed by atoms with Crippen LogP contribution in [0, 0.1) is 0 Å². The first kappa shape index (κ1) is 18.4. The predicted molar refractivity (Wildman–Crippen MR) is 99.4 cm³/mol. The molecule has 0 spiro atoms. The Morgan fingerprint density at radius 3 is 2.65 bits per heavy atom. The number of fused-ring (bicyclic) bond motifs is 1. The van der Waals surface area contributed by atoms with E-state index in [0.29, 0.717) is 32.9 Å². The number of amides is 1. The van der Waals surface area contributed by atoms with Crippen LogP contribution in [-0.2, 0) is 4.79 Å². The summed E-state index contributed by atoms with van der Waals surface area (Å²) in [5.41, 5.74) is 1.22. The normalized spacial score (nSPS) is 12.2. The van der Waals surface area contributed by atoms with E-state index in [9.17, 15) is 4.79 Å². The molecule has 3 rings (SSSR count). The summed E-state index contributed by atoms with van der Waals surface area (Å²) in [5, 5.41) is 28.0. The number of benzene rings is 1. The van der Waals surface area contributed by atoms with Crippen molar-refractivity contribution < 1.29 is 9.90 Å². The monoisotopic (exact) mass is 394 g/mol. The van der Waals surface area contributed by atoms with Crippen molar-refractivity contribution >= 4 is 40.6 Å². The van der Waals surface area contributed by atoms with E-state index in [1.807, 2.05) is 0 Å². The Morgan fingerprint density at radius 2 is 1.96 bits per heavy atom. The Balaban J connectivity index is 1.89. The zero-order valence-corrected chi connectivity index (χ0v) is 15.3. The number of nitrogens with zero attached hydrogens (tertiary/aromatic N) is 4. The van der Waals surface area contributed by atoms with Crippen LogP contribution < -0.4 is 10.6 Å². The lowest BCUT2D eigenvalue weighted by atomic mass is 10.2. The summed E-state index contributed by atoms with van der Waals surface area (Å²) in [6.07, 6.45) is 0. The van der Waals surface area contributed by atoms with E-state index in [0.717, 1.165) is 0 Å². The Kier molecular flexibility index (Phi) is 5.55. The number of hydrogen-bond donors (Lipinski definition) is 3. The minimum Gasteiger partial charge on any atom is -0.395 e. The van der Waals surface area contributed by atoms with Gasteiger partial charge in [-0.25, -0.2) is 0 Å². The average molecular weight is 395 g/mol. The first-order valence-electron chi connectivity index (χ1n) is 7.82. The van der Waals surface area contributed by atoms with E-state index in [1.165, 1.54) is 0 Å². The van der Waals surface area contributed by atoms with Gasteiger partial charge in [0.2, 0.25) is 5.91 Å². The van der Waals surface area contributed by atoms with E-state index in [2.05, 4.69) is 25.9 Å². The third kappa shape index (κ3) is 4.04. The van der Waals surface area contributed by atoms with Gasteiger partial charge >= 0.3 is 0 Å². The summed E-state index contributed by atoms with van der Waals surface area (Å²) in [6.45, 7) is 1.78. The van der Waals surface area contributed by atoms with Gasteiger partial charge in [-0.1, -0.05) is 23.2 Å². The highest BCUT2D eigenvalue weighted by atomic mass is 35.5. The van der Waals surface area contributed by atoms with Crippen LogP contribution in [0.25, 0.3) is 17.0 Å². The number of anilines is 1. The summed E-state index contributed by atoms with van der Waals surface area (Å²) in [7, 11) is 0. The molecule has 0 aliphatic rings. The number of nitrogens with one attached hydrogen (secondary N) is 2. The van der Waals surface area contributed by atoms with Crippen LogP contribution >= 0.6 is 23.2 Å². The van der Waals surface area contributed by atoms with Crippen molar-refractivity contribution in [2.24, 2.45) is 0 Å². The van der Waals surface area contributed by atoms with Crippen LogP contribution in [0.15, 0.2) is 30.3 Å². The van der Waals surface area contributed by atoms with Crippen molar-refractivity contribution in [2.45, 2.75) is 13.0 Å². The third-order valence-corrected chi connectivity index (χ3v) is 3.99. The Morgan fingerprint density at radius 1 is 1.23 bits per heavy atom. The molecule has 1 amide bonds. The molecule has 3 N–H and O–H groups in total. The van der Waals surface area contributed by atoms with Gasteiger partial charge in [0.05, 0.1) is 6.61 Å². The quantitative estimate of drug-likeness (QED) is 0.590. The molecule has 1 aromatic carbocycles. The summed E-state index contributed by atoms with van der Waals surface area (Å²) in [6, 6.07) is 7.97. The summed E-state index contributed by atoms with van der Waals surface area (Å²) >= 11 is 12.1. The van der Waals surface area contributed by atoms with Crippen molar-refractivity contribution in [1.82, 2.24) is 25.1 Å². The highest BCUT2D eigenvalue weighted by Crippen LogP contribution is 2.26. The topological polar surface area (TPSA) is 104 Å². The number of carbonyl (C=O) groups is 1. The van der Waals surface area contributed by atoms with Crippen LogP contribution in [0.3, 0.4) is 0 Å². The molecule has 2 heterocycles. The number of halogens is 2. The zero-order chi connectivity index (χ0) is 18.7. The molecule has 0 radical (unpaired) electrons. The number of rotatable bonds is 6. The maximum Gasteiger partial charge on any atom is 0.242 e. The van der Waals surface area contributed by atoms with Gasteiger partial charge in [-0.05, 0) is 37.3 Å². The van der Waals surface area contributed by atoms with Crippen molar-refractivity contribution in [1.29, 1.82) is 0 Å². The number of aliphatic hydroxyl groups excluding tert-OH is 1. The molecular weight excluding hydrogens is 379 g/mol. The van der Waals surface area contributed by atoms with Gasteiger partial charge in [0, 0.05) is 22.2 Å². The first-order valence-corrected chi connectivity index (χ1v) is 8.57. The van der Waals surface area contributed by atoms with Crippen molar-refractivity contribution in [3.63, 3.8) is 0 Å². The van der Waals surface area contributed by atoms with E-state index in [1.54, 1.807) is 41.8 Å². The highest BCUT2D eigenvalue weighted by molar-refractivity contribution is 6.35. The average Bonchev–Trinajstić information content (AvgIpc) is 3.02. The SMILES string of the molecule is C[C@H](Nc1ccc2nnc(-c3cc(Cl)cc(Cl)c3)n2n1)C(=O)NCCO. The zero-order valence-electron chi connectivity index (χ0n) is 13.8. The van der Waals surface area contributed by atoms with Gasteiger partial charge in [0.15, 0.2) is 11.5 Å². The van der Waals surface area contributed by atoms with Crippen LogP contribution in [0.4, 0.5) is 5.82 Å². The molecule has 0 aliphatic heterocycles. The molecule has 3 aromatic rings. The third-order valence-electron chi connectivity index (χ3n) is 3.55. The number of carbonyl (C=O) groups excluding carboxylic acids is 1. The lowest BCUT2D eigenvalue weighted by Gasteiger charge is -2.14. The molecule has 136 valence electrons. The maximum absolute atomic E-state index is 11.9. The molecule has 2 aromatic heterocycles. The molecule has 0 aliphatic carbocycles. The van der Waals surface area contributed by atoms with E-state index in [4.69, 9.17) is 28.3 Å². The molecule has 0 unspecified atom stereocenters. The maximum atomic E-state index is 11.9. The van der Waals surface area contributed by atoms with Crippen LogP contribution in [-0.4, -0.2) is 50.0 Å². The molecule has 0 fully saturated rings. The van der Waals surface area contributed by atoms with Gasteiger partial charge in [-0.3, -0.25) is 4.79 Å². The summed E-state index contributed by atoms with van der Waals surface area (Å²) in [5.74, 6) is 0.704. The summed E-state index contributed by atoms with van der Waals surface area (Å²) in [4.78, 5) is 11.9. The second kappa shape index (κ2) is 7.86. The lowest BCUT2D eigenvalue weighted by Crippen LogP contribution is -2.39. The Hall–Kier alpha value is -2.42. The Labute approximate surface area is 159 Å². The minimum absolute atomic E-state index is 0.116. The molecule has 10 heteroatoms. The van der Waals surface area contributed by atoms with Crippen LogP contribution in [0.2, 0.25) is 10.0 Å². The van der Waals surface area contributed by atoms with Crippen molar-refractivity contribution in [3.8, 4) is 11.4 Å². The first-order chi connectivity index (χ1) is 12.5. The molecule has 1 atom stereocenters. The smallest absolute Gasteiger partial charge is 0.242 e. The van der Waals surface area contributed by atoms with E-state index in [-0.39, 0.29) is 19.1 Å². The highest BCUT2D eigenvalue weighted by Gasteiger charge is 2.15. The number of aliphatic hydroxyl groups is 1. The fourth-order valence-electron chi connectivity index (χ4n) is 2.35. The number of aromatic nitrogens is 4. The van der Waals surface area contributed by atoms with Crippen LogP contribution in [0.1, 0.15) is 6.92 Å². The van der Waals surface area contributed by atoms with Gasteiger partial charge < -0.3 is 15.7 Å². The van der Waals surface area contributed by atoms with E-state index >= 15 is 0 Å². The minimum atomic E-state index is -0.535. The van der Waals surface area contributed by atoms with Gasteiger partial charge in [0.25, 0.3) is 0 Å². The standard InChI is InChI=1S/C16H16Cl2N6O2/c1-9(16(26)19-4-5-25)20-13-2-3-14-21-22-15(24(14)23-13)10-6-11(17)8-12(18)7-10/h2-3,6-9,25H,4-5H2,1H3,(H,19,26)(H,20,23)/t9-/m0/s1. The predicted octanol–water partition coefficient (Wildman–Crippen LogP) is 2.01. The van der Waals surface area contributed by atoms with Crippen molar-refractivity contribution in [3.05, 3.63) is 40.4 Å². The Bertz CT molecular complexity index is 925. The molecular formula is C16H16Cl2N6O2. The summed E-state index contributed by atoms with van der Waals surface area (Å²) < 4.78 is 1.54. The van der Waals surface area contributed by atoms with E-state index < -0.39 is 6.04 Å². The molecule has 0 saturated heterocycles. The van der Waals surface area contributed by atoms with Crippen molar-refractivity contribution in [2.75, 3.05) is 18.5 Å². The fourth-order valence-corrected chi connectivity index (χ4v) is 2.87. The molecule has 26 heavy (non-hydrogen) atoms. The molecule has 8 nitrogen and oxygen atoms in total. The van der Waals surface area contributed by atoms with Gasteiger partial charge in [0.1, 0.15) is 11.9 Å². The largest absolute Gasteiger partial charge is 0.395 e.